The molecule has 0 aromatic heterocycles. The fraction of sp³-hybridized carbons (Fsp3) is 0.103. The third kappa shape index (κ3) is 4.16. The van der Waals surface area contributed by atoms with Crippen molar-refractivity contribution in [1.29, 1.82) is 0 Å². The number of rotatable bonds is 6. The van der Waals surface area contributed by atoms with Gasteiger partial charge in [0, 0.05) is 5.92 Å². The molecule has 1 atom stereocenters. The number of fused-ring (bicyclic) bond motifs is 3. The van der Waals surface area contributed by atoms with E-state index in [2.05, 4.69) is 17.4 Å². The minimum Gasteiger partial charge on any atom is -0.479 e. The van der Waals surface area contributed by atoms with E-state index < -0.39 is 18.1 Å². The van der Waals surface area contributed by atoms with Gasteiger partial charge in [0.05, 0.1) is 0 Å². The van der Waals surface area contributed by atoms with Crippen molar-refractivity contribution in [3.05, 3.63) is 120 Å². The summed E-state index contributed by atoms with van der Waals surface area (Å²) in [5.74, 6) is -1.25. The van der Waals surface area contributed by atoms with Crippen LogP contribution in [0.3, 0.4) is 0 Å². The fourth-order valence-corrected chi connectivity index (χ4v) is 4.57. The molecule has 168 valence electrons. The molecule has 4 aromatic rings. The van der Waals surface area contributed by atoms with Gasteiger partial charge in [-0.25, -0.2) is 9.59 Å². The molecular weight excluding hydrogens is 426 g/mol. The predicted octanol–water partition coefficient (Wildman–Crippen LogP) is 6.02. The molecule has 1 aliphatic rings. The van der Waals surface area contributed by atoms with Crippen LogP contribution in [0, 0.1) is 0 Å². The van der Waals surface area contributed by atoms with E-state index in [0.717, 1.165) is 33.4 Å². The Balaban J connectivity index is 1.32. The Morgan fingerprint density at radius 2 is 1.35 bits per heavy atom. The molecule has 0 saturated heterocycles. The van der Waals surface area contributed by atoms with Crippen LogP contribution in [0.1, 0.15) is 28.7 Å². The van der Waals surface area contributed by atoms with Crippen molar-refractivity contribution >= 4 is 12.1 Å². The number of hydrogen-bond acceptors (Lipinski definition) is 3. The maximum atomic E-state index is 12.7. The summed E-state index contributed by atoms with van der Waals surface area (Å²) in [7, 11) is 0. The van der Waals surface area contributed by atoms with Crippen LogP contribution < -0.4 is 5.32 Å². The van der Waals surface area contributed by atoms with Crippen molar-refractivity contribution in [1.82, 2.24) is 5.32 Å². The van der Waals surface area contributed by atoms with Gasteiger partial charge >= 0.3 is 12.1 Å². The first-order chi connectivity index (χ1) is 16.6. The van der Waals surface area contributed by atoms with E-state index in [1.165, 1.54) is 0 Å². The summed E-state index contributed by atoms with van der Waals surface area (Å²) >= 11 is 0. The Bertz CT molecular complexity index is 1300. The van der Waals surface area contributed by atoms with Crippen LogP contribution in [-0.4, -0.2) is 23.8 Å². The van der Waals surface area contributed by atoms with Crippen LogP contribution in [0.5, 0.6) is 0 Å². The van der Waals surface area contributed by atoms with Crippen molar-refractivity contribution in [2.75, 3.05) is 6.61 Å². The molecule has 2 N–H and O–H groups in total. The SMILES string of the molecule is O=C(N[C@H](C(=O)O)c1cccc(-c2ccccc2)c1)OCC1c2ccccc2-c2ccccc21. The van der Waals surface area contributed by atoms with Gasteiger partial charge in [-0.3, -0.25) is 0 Å². The first-order valence-electron chi connectivity index (χ1n) is 11.1. The van der Waals surface area contributed by atoms with E-state index >= 15 is 0 Å². The third-order valence-electron chi connectivity index (χ3n) is 6.18. The van der Waals surface area contributed by atoms with Crippen molar-refractivity contribution in [2.24, 2.45) is 0 Å². The van der Waals surface area contributed by atoms with Gasteiger partial charge in [0.25, 0.3) is 0 Å². The number of carboxylic acid groups (broad SMARTS) is 1. The summed E-state index contributed by atoms with van der Waals surface area (Å²) < 4.78 is 5.54. The van der Waals surface area contributed by atoms with E-state index in [9.17, 15) is 14.7 Å². The van der Waals surface area contributed by atoms with Crippen LogP contribution in [-0.2, 0) is 9.53 Å². The number of alkyl carbamates (subject to hydrolysis) is 1. The second kappa shape index (κ2) is 9.24. The molecule has 0 unspecified atom stereocenters. The van der Waals surface area contributed by atoms with Crippen molar-refractivity contribution in [3.8, 4) is 22.3 Å². The molecule has 0 bridgehead atoms. The molecule has 1 aliphatic carbocycles. The molecule has 5 rings (SSSR count). The summed E-state index contributed by atoms with van der Waals surface area (Å²) in [6.07, 6.45) is -0.764. The van der Waals surface area contributed by atoms with Crippen LogP contribution in [0.2, 0.25) is 0 Å². The Labute approximate surface area is 197 Å². The average Bonchev–Trinajstić information content (AvgIpc) is 3.20. The Hall–Kier alpha value is -4.38. The molecule has 0 spiro atoms. The molecule has 0 radical (unpaired) electrons. The highest BCUT2D eigenvalue weighted by Crippen LogP contribution is 2.44. The van der Waals surface area contributed by atoms with Gasteiger partial charge in [0.15, 0.2) is 6.04 Å². The third-order valence-corrected chi connectivity index (χ3v) is 6.18. The smallest absolute Gasteiger partial charge is 0.408 e. The van der Waals surface area contributed by atoms with Gasteiger partial charge in [-0.2, -0.15) is 0 Å². The predicted molar refractivity (Wildman–Crippen MR) is 130 cm³/mol. The van der Waals surface area contributed by atoms with Crippen LogP contribution in [0.25, 0.3) is 22.3 Å². The van der Waals surface area contributed by atoms with Crippen LogP contribution in [0.15, 0.2) is 103 Å². The number of carbonyl (C=O) groups is 2. The van der Waals surface area contributed by atoms with E-state index in [4.69, 9.17) is 4.74 Å². The zero-order valence-electron chi connectivity index (χ0n) is 18.3. The van der Waals surface area contributed by atoms with Crippen LogP contribution in [0.4, 0.5) is 4.79 Å². The molecule has 4 aromatic carbocycles. The molecule has 1 amide bonds. The van der Waals surface area contributed by atoms with E-state index in [1.54, 1.807) is 18.2 Å². The summed E-state index contributed by atoms with van der Waals surface area (Å²) in [4.78, 5) is 24.7. The molecule has 0 heterocycles. The average molecular weight is 450 g/mol. The topological polar surface area (TPSA) is 75.6 Å². The standard InChI is InChI=1S/C29H23NO4/c31-28(32)27(21-12-8-11-20(17-21)19-9-2-1-3-10-19)30-29(33)34-18-26-24-15-6-4-13-22(24)23-14-5-7-16-25(23)26/h1-17,26-27H,18H2,(H,30,33)(H,31,32)/t27-/m0/s1. The van der Waals surface area contributed by atoms with Gasteiger partial charge in [0.2, 0.25) is 0 Å². The highest BCUT2D eigenvalue weighted by Gasteiger charge is 2.30. The highest BCUT2D eigenvalue weighted by molar-refractivity contribution is 5.82. The summed E-state index contributed by atoms with van der Waals surface area (Å²) in [5.41, 5.74) is 6.78. The number of ether oxygens (including phenoxy) is 1. The lowest BCUT2D eigenvalue weighted by Crippen LogP contribution is -2.34. The minimum absolute atomic E-state index is 0.0946. The number of carboxylic acids is 1. The molecule has 0 fully saturated rings. The largest absolute Gasteiger partial charge is 0.479 e. The fourth-order valence-electron chi connectivity index (χ4n) is 4.57. The quantitative estimate of drug-likeness (QED) is 0.378. The molecular formula is C29H23NO4. The van der Waals surface area contributed by atoms with Crippen molar-refractivity contribution < 1.29 is 19.4 Å². The first kappa shape index (κ1) is 21.5. The van der Waals surface area contributed by atoms with Gasteiger partial charge in [-0.15, -0.1) is 0 Å². The monoisotopic (exact) mass is 449 g/mol. The van der Waals surface area contributed by atoms with E-state index in [-0.39, 0.29) is 12.5 Å². The Morgan fingerprint density at radius 3 is 2.00 bits per heavy atom. The highest BCUT2D eigenvalue weighted by atomic mass is 16.5. The van der Waals surface area contributed by atoms with Gasteiger partial charge in [0.1, 0.15) is 6.61 Å². The molecule has 5 nitrogen and oxygen atoms in total. The number of aliphatic carboxylic acids is 1. The zero-order chi connectivity index (χ0) is 23.5. The maximum absolute atomic E-state index is 12.7. The van der Waals surface area contributed by atoms with Gasteiger partial charge in [-0.1, -0.05) is 97.1 Å². The number of carbonyl (C=O) groups excluding carboxylic acids is 1. The van der Waals surface area contributed by atoms with E-state index in [1.807, 2.05) is 72.8 Å². The second-order valence-corrected chi connectivity index (χ2v) is 8.23. The zero-order valence-corrected chi connectivity index (χ0v) is 18.3. The van der Waals surface area contributed by atoms with Crippen LogP contribution >= 0.6 is 0 Å². The number of amides is 1. The van der Waals surface area contributed by atoms with Gasteiger partial charge in [-0.05, 0) is 45.0 Å². The lowest BCUT2D eigenvalue weighted by atomic mass is 9.98. The van der Waals surface area contributed by atoms with Crippen molar-refractivity contribution in [3.63, 3.8) is 0 Å². The second-order valence-electron chi connectivity index (χ2n) is 8.23. The Kier molecular flexibility index (Phi) is 5.83. The number of benzene rings is 4. The van der Waals surface area contributed by atoms with Gasteiger partial charge < -0.3 is 15.2 Å². The number of hydrogen-bond donors (Lipinski definition) is 2. The normalized spacial score (nSPS) is 12.9. The van der Waals surface area contributed by atoms with Crippen molar-refractivity contribution in [2.45, 2.75) is 12.0 Å². The Morgan fingerprint density at radius 1 is 0.765 bits per heavy atom. The molecule has 5 heteroatoms. The lowest BCUT2D eigenvalue weighted by molar-refractivity contribution is -0.139. The lowest BCUT2D eigenvalue weighted by Gasteiger charge is -2.18. The minimum atomic E-state index is -1.22. The van der Waals surface area contributed by atoms with E-state index in [0.29, 0.717) is 5.56 Å². The summed E-state index contributed by atoms with van der Waals surface area (Å²) in [6.45, 7) is 0.121. The first-order valence-corrected chi connectivity index (χ1v) is 11.1. The number of nitrogens with one attached hydrogen (secondary N) is 1. The maximum Gasteiger partial charge on any atom is 0.408 e. The molecule has 0 aliphatic heterocycles. The summed E-state index contributed by atoms with van der Waals surface area (Å²) in [5, 5.41) is 12.3. The summed E-state index contributed by atoms with van der Waals surface area (Å²) in [6, 6.07) is 31.7. The molecule has 0 saturated carbocycles. The molecule has 34 heavy (non-hydrogen) atoms.